The molecule has 1 fully saturated rings. The molecule has 1 saturated heterocycles. The van der Waals surface area contributed by atoms with Crippen molar-refractivity contribution in [1.82, 2.24) is 4.98 Å². The van der Waals surface area contributed by atoms with Crippen LogP contribution in [-0.2, 0) is 11.2 Å². The van der Waals surface area contributed by atoms with E-state index in [4.69, 9.17) is 13.9 Å². The fourth-order valence-corrected chi connectivity index (χ4v) is 4.17. The Balaban J connectivity index is 1.34. The number of furan rings is 1. The average Bonchev–Trinajstić information content (AvgIpc) is 3.40. The summed E-state index contributed by atoms with van der Waals surface area (Å²) in [6.45, 7) is -0.513. The lowest BCUT2D eigenvalue weighted by molar-refractivity contribution is -0.277. The molecule has 1 aliphatic rings. The van der Waals surface area contributed by atoms with E-state index >= 15 is 0 Å². The normalized spacial score (nSPS) is 24.9. The first-order chi connectivity index (χ1) is 16.5. The topological polar surface area (TPSA) is 125 Å². The SMILES string of the molecule is OC[C@H]1O[C@@H](Oc2ccc3c(Cc4ccc(-c5ccoc5)cc4)nccc3c2)[C@H](O)[C@@H](O)[C@@H]1O. The van der Waals surface area contributed by atoms with Gasteiger partial charge in [0.15, 0.2) is 0 Å². The van der Waals surface area contributed by atoms with Gasteiger partial charge in [0.05, 0.1) is 24.8 Å². The van der Waals surface area contributed by atoms with Crippen LogP contribution < -0.4 is 4.74 Å². The van der Waals surface area contributed by atoms with Gasteiger partial charge in [-0.05, 0) is 46.8 Å². The number of nitrogens with zero attached hydrogens (tertiary/aromatic N) is 1. The fourth-order valence-electron chi connectivity index (χ4n) is 4.17. The molecule has 0 saturated carbocycles. The van der Waals surface area contributed by atoms with Crippen molar-refractivity contribution >= 4 is 10.8 Å². The molecule has 0 unspecified atom stereocenters. The fraction of sp³-hybridized carbons (Fsp3) is 0.269. The second kappa shape index (κ2) is 9.54. The van der Waals surface area contributed by atoms with Gasteiger partial charge in [0.2, 0.25) is 6.29 Å². The van der Waals surface area contributed by atoms with Gasteiger partial charge >= 0.3 is 0 Å². The van der Waals surface area contributed by atoms with Crippen molar-refractivity contribution < 1.29 is 34.3 Å². The van der Waals surface area contributed by atoms with Gasteiger partial charge in [-0.1, -0.05) is 24.3 Å². The number of hydrogen-bond donors (Lipinski definition) is 4. The molecule has 0 spiro atoms. The van der Waals surface area contributed by atoms with Crippen LogP contribution in [0.25, 0.3) is 21.9 Å². The van der Waals surface area contributed by atoms with Crippen molar-refractivity contribution in [2.75, 3.05) is 6.61 Å². The summed E-state index contributed by atoms with van der Waals surface area (Å²) in [6, 6.07) is 17.4. The molecule has 0 bridgehead atoms. The van der Waals surface area contributed by atoms with Crippen molar-refractivity contribution in [3.63, 3.8) is 0 Å². The molecule has 4 N–H and O–H groups in total. The monoisotopic (exact) mass is 463 g/mol. The number of hydrogen-bond acceptors (Lipinski definition) is 8. The van der Waals surface area contributed by atoms with Crippen LogP contribution >= 0.6 is 0 Å². The Morgan fingerprint density at radius 2 is 1.71 bits per heavy atom. The van der Waals surface area contributed by atoms with Gasteiger partial charge in [0.1, 0.15) is 30.2 Å². The molecule has 34 heavy (non-hydrogen) atoms. The molecule has 8 heteroatoms. The molecule has 0 aliphatic carbocycles. The van der Waals surface area contributed by atoms with Gasteiger partial charge < -0.3 is 34.3 Å². The third-order valence-electron chi connectivity index (χ3n) is 6.10. The minimum atomic E-state index is -1.49. The van der Waals surface area contributed by atoms with E-state index in [0.717, 1.165) is 33.2 Å². The second-order valence-corrected chi connectivity index (χ2v) is 8.34. The molecule has 176 valence electrons. The van der Waals surface area contributed by atoms with Crippen molar-refractivity contribution in [2.24, 2.45) is 0 Å². The Morgan fingerprint density at radius 3 is 2.44 bits per heavy atom. The minimum Gasteiger partial charge on any atom is -0.472 e. The molecule has 0 amide bonds. The minimum absolute atomic E-state index is 0.415. The summed E-state index contributed by atoms with van der Waals surface area (Å²) in [4.78, 5) is 4.56. The van der Waals surface area contributed by atoms with Crippen molar-refractivity contribution in [3.8, 4) is 16.9 Å². The molecule has 1 aliphatic heterocycles. The van der Waals surface area contributed by atoms with Crippen LogP contribution in [0.15, 0.2) is 77.7 Å². The van der Waals surface area contributed by atoms with Gasteiger partial charge in [-0.25, -0.2) is 0 Å². The number of rotatable bonds is 6. The van der Waals surface area contributed by atoms with E-state index in [1.54, 1.807) is 30.9 Å². The van der Waals surface area contributed by atoms with E-state index in [-0.39, 0.29) is 0 Å². The highest BCUT2D eigenvalue weighted by atomic mass is 16.7. The summed E-state index contributed by atoms with van der Waals surface area (Å²) < 4.78 is 16.3. The maximum Gasteiger partial charge on any atom is 0.229 e. The zero-order valence-corrected chi connectivity index (χ0v) is 18.2. The number of ether oxygens (including phenoxy) is 2. The first-order valence-corrected chi connectivity index (χ1v) is 11.0. The molecule has 5 rings (SSSR count). The van der Waals surface area contributed by atoms with Crippen LogP contribution in [0.5, 0.6) is 5.75 Å². The van der Waals surface area contributed by atoms with Crippen LogP contribution in [-0.4, -0.2) is 62.7 Å². The average molecular weight is 463 g/mol. The quantitative estimate of drug-likeness (QED) is 0.343. The van der Waals surface area contributed by atoms with Gasteiger partial charge in [-0.2, -0.15) is 0 Å². The van der Waals surface area contributed by atoms with Gasteiger partial charge in [-0.15, -0.1) is 0 Å². The van der Waals surface area contributed by atoms with Gasteiger partial charge in [-0.3, -0.25) is 4.98 Å². The molecule has 2 aromatic carbocycles. The number of aliphatic hydroxyl groups excluding tert-OH is 4. The van der Waals surface area contributed by atoms with E-state index in [2.05, 4.69) is 29.2 Å². The number of aromatic nitrogens is 1. The summed E-state index contributed by atoms with van der Waals surface area (Å²) in [7, 11) is 0. The lowest BCUT2D eigenvalue weighted by Crippen LogP contribution is -2.60. The molecular formula is C26H25NO7. The van der Waals surface area contributed by atoms with E-state index in [9.17, 15) is 20.4 Å². The lowest BCUT2D eigenvalue weighted by Gasteiger charge is -2.39. The summed E-state index contributed by atoms with van der Waals surface area (Å²) in [5.41, 5.74) is 4.14. The Labute approximate surface area is 195 Å². The van der Waals surface area contributed by atoms with E-state index in [0.29, 0.717) is 12.2 Å². The zero-order chi connectivity index (χ0) is 23.7. The highest BCUT2D eigenvalue weighted by Crippen LogP contribution is 2.29. The number of aliphatic hydroxyl groups is 4. The molecule has 2 aromatic heterocycles. The van der Waals surface area contributed by atoms with Crippen LogP contribution in [0.4, 0.5) is 0 Å². The van der Waals surface area contributed by atoms with Crippen molar-refractivity contribution in [3.05, 3.63) is 84.6 Å². The Hall–Kier alpha value is -3.27. The highest BCUT2D eigenvalue weighted by Gasteiger charge is 2.44. The lowest BCUT2D eigenvalue weighted by atomic mass is 9.99. The molecular weight excluding hydrogens is 438 g/mol. The number of pyridine rings is 1. The second-order valence-electron chi connectivity index (χ2n) is 8.34. The molecule has 8 nitrogen and oxygen atoms in total. The van der Waals surface area contributed by atoms with Gasteiger partial charge in [0.25, 0.3) is 0 Å². The van der Waals surface area contributed by atoms with Crippen molar-refractivity contribution in [1.29, 1.82) is 0 Å². The van der Waals surface area contributed by atoms with E-state index in [1.807, 2.05) is 18.2 Å². The standard InChI is InChI=1S/C26H25NO7/c28-13-22-23(29)24(30)25(31)26(34-22)33-19-5-6-20-17(12-19)7-9-27-21(20)11-15-1-3-16(4-2-15)18-8-10-32-14-18/h1-10,12,14,22-26,28-31H,11,13H2/t22-,23-,24+,25-,26-/m1/s1. The van der Waals surface area contributed by atoms with Crippen LogP contribution in [0.3, 0.4) is 0 Å². The predicted octanol–water partition coefficient (Wildman–Crippen LogP) is 2.26. The highest BCUT2D eigenvalue weighted by molar-refractivity contribution is 5.86. The first kappa shape index (κ1) is 22.5. The smallest absolute Gasteiger partial charge is 0.229 e. The Kier molecular flexibility index (Phi) is 6.32. The molecule has 4 aromatic rings. The summed E-state index contributed by atoms with van der Waals surface area (Å²) in [6.07, 6.45) is -0.908. The van der Waals surface area contributed by atoms with E-state index < -0.39 is 37.3 Å². The molecule has 3 heterocycles. The van der Waals surface area contributed by atoms with Crippen LogP contribution in [0.1, 0.15) is 11.3 Å². The third-order valence-corrected chi connectivity index (χ3v) is 6.10. The predicted molar refractivity (Wildman–Crippen MR) is 123 cm³/mol. The maximum absolute atomic E-state index is 10.2. The summed E-state index contributed by atoms with van der Waals surface area (Å²) in [5, 5.41) is 41.4. The third kappa shape index (κ3) is 4.42. The Bertz CT molecular complexity index is 1240. The largest absolute Gasteiger partial charge is 0.472 e. The number of benzene rings is 2. The zero-order valence-electron chi connectivity index (χ0n) is 18.2. The summed E-state index contributed by atoms with van der Waals surface area (Å²) >= 11 is 0. The summed E-state index contributed by atoms with van der Waals surface area (Å²) in [5.74, 6) is 0.415. The number of fused-ring (bicyclic) bond motifs is 1. The van der Waals surface area contributed by atoms with Crippen LogP contribution in [0, 0.1) is 0 Å². The van der Waals surface area contributed by atoms with Crippen LogP contribution in [0.2, 0.25) is 0 Å². The first-order valence-electron chi connectivity index (χ1n) is 11.0. The van der Waals surface area contributed by atoms with E-state index in [1.165, 1.54) is 0 Å². The molecule has 5 atom stereocenters. The molecule has 0 radical (unpaired) electrons. The van der Waals surface area contributed by atoms with Gasteiger partial charge in [0, 0.05) is 23.6 Å². The maximum atomic E-state index is 10.2. The van der Waals surface area contributed by atoms with Crippen molar-refractivity contribution in [2.45, 2.75) is 37.1 Å². The Morgan fingerprint density at radius 1 is 0.882 bits per heavy atom.